The SMILES string of the molecule is COC1CC(C2OC3CC(O)CC4OCCC(C2O[C@@H]2O[C@H](COC(C)=O)[C@@H](O)[C@H](O)[C@H]2O)C43)CC(OC)C1O. The number of ether oxygens (including phenoxy) is 7. The molecule has 40 heavy (non-hydrogen) atoms. The Labute approximate surface area is 233 Å². The van der Waals surface area contributed by atoms with Crippen molar-refractivity contribution in [2.45, 2.75) is 119 Å². The molecular formula is C27H44O13. The molecule has 5 aliphatic rings. The molecule has 0 spiro atoms. The highest BCUT2D eigenvalue weighted by molar-refractivity contribution is 5.65. The molecule has 13 heteroatoms. The fourth-order valence-corrected chi connectivity index (χ4v) is 7.55. The summed E-state index contributed by atoms with van der Waals surface area (Å²) in [7, 11) is 3.08. The minimum Gasteiger partial charge on any atom is -0.463 e. The molecule has 3 heterocycles. The number of rotatable bonds is 7. The van der Waals surface area contributed by atoms with Gasteiger partial charge in [0.05, 0.1) is 42.7 Å². The summed E-state index contributed by atoms with van der Waals surface area (Å²) in [6, 6.07) is 0. The Bertz CT molecular complexity index is 846. The van der Waals surface area contributed by atoms with Crippen molar-refractivity contribution < 1.29 is 63.5 Å². The smallest absolute Gasteiger partial charge is 0.302 e. The van der Waals surface area contributed by atoms with Gasteiger partial charge >= 0.3 is 5.97 Å². The molecule has 5 rings (SSSR count). The second-order valence-corrected chi connectivity index (χ2v) is 11.9. The zero-order valence-electron chi connectivity index (χ0n) is 23.2. The van der Waals surface area contributed by atoms with Crippen LogP contribution in [0.15, 0.2) is 0 Å². The molecule has 2 saturated carbocycles. The summed E-state index contributed by atoms with van der Waals surface area (Å²) in [6.45, 7) is 1.37. The highest BCUT2D eigenvalue weighted by Crippen LogP contribution is 2.50. The number of carbonyl (C=O) groups excluding carboxylic acids is 1. The third kappa shape index (κ3) is 5.93. The monoisotopic (exact) mass is 576 g/mol. The number of methoxy groups -OCH3 is 2. The van der Waals surface area contributed by atoms with Gasteiger partial charge in [0.2, 0.25) is 0 Å². The lowest BCUT2D eigenvalue weighted by molar-refractivity contribution is -0.349. The van der Waals surface area contributed by atoms with Crippen LogP contribution in [0.3, 0.4) is 0 Å². The van der Waals surface area contributed by atoms with E-state index in [1.54, 1.807) is 0 Å². The zero-order valence-corrected chi connectivity index (χ0v) is 23.2. The largest absolute Gasteiger partial charge is 0.463 e. The van der Waals surface area contributed by atoms with Gasteiger partial charge in [-0.2, -0.15) is 0 Å². The maximum atomic E-state index is 11.4. The molecule has 0 aromatic rings. The molecule has 14 atom stereocenters. The van der Waals surface area contributed by atoms with Gasteiger partial charge in [-0.05, 0) is 43.9 Å². The number of hydrogen-bond donors (Lipinski definition) is 5. The van der Waals surface area contributed by atoms with E-state index in [4.69, 9.17) is 33.2 Å². The normalized spacial score (nSPS) is 51.1. The van der Waals surface area contributed by atoms with Crippen molar-refractivity contribution in [3.8, 4) is 0 Å². The molecule has 5 N–H and O–H groups in total. The van der Waals surface area contributed by atoms with Crippen LogP contribution in [0.4, 0.5) is 0 Å². The second kappa shape index (κ2) is 12.7. The minimum absolute atomic E-state index is 0.0582. The first-order valence-corrected chi connectivity index (χ1v) is 14.3. The highest BCUT2D eigenvalue weighted by Gasteiger charge is 2.58. The fourth-order valence-electron chi connectivity index (χ4n) is 7.55. The Morgan fingerprint density at radius 1 is 0.850 bits per heavy atom. The van der Waals surface area contributed by atoms with Crippen molar-refractivity contribution in [2.24, 2.45) is 17.8 Å². The maximum absolute atomic E-state index is 11.4. The van der Waals surface area contributed by atoms with Crippen molar-refractivity contribution in [2.75, 3.05) is 27.4 Å². The van der Waals surface area contributed by atoms with Crippen LogP contribution in [0.2, 0.25) is 0 Å². The van der Waals surface area contributed by atoms with Gasteiger partial charge in [-0.1, -0.05) is 0 Å². The van der Waals surface area contributed by atoms with Crippen LogP contribution < -0.4 is 0 Å². The van der Waals surface area contributed by atoms with Gasteiger partial charge in [-0.25, -0.2) is 0 Å². The molecule has 230 valence electrons. The van der Waals surface area contributed by atoms with E-state index in [9.17, 15) is 30.3 Å². The third-order valence-corrected chi connectivity index (χ3v) is 9.54. The molecule has 0 aromatic carbocycles. The Morgan fingerprint density at radius 2 is 1.52 bits per heavy atom. The van der Waals surface area contributed by atoms with Crippen molar-refractivity contribution >= 4 is 5.97 Å². The first-order valence-electron chi connectivity index (χ1n) is 14.3. The number of carbonyl (C=O) groups is 1. The van der Waals surface area contributed by atoms with Crippen molar-refractivity contribution in [3.05, 3.63) is 0 Å². The summed E-state index contributed by atoms with van der Waals surface area (Å²) < 4.78 is 41.4. The molecule has 0 aromatic heterocycles. The number of aliphatic hydroxyl groups is 5. The van der Waals surface area contributed by atoms with Crippen LogP contribution in [0.5, 0.6) is 0 Å². The van der Waals surface area contributed by atoms with Gasteiger partial charge in [-0.3, -0.25) is 4.79 Å². The standard InChI is InChI=1S/C27H44O13/c1-11(28)37-10-19-22(31)23(32)24(33)27(39-19)40-26-14-4-5-36-15-8-13(29)9-16(20(14)15)38-25(26)12-6-17(34-2)21(30)18(7-12)35-3/h12-27,29-33H,4-10H2,1-3H3/t12?,13?,14?,15?,16?,17?,18?,19-,20?,21?,22-,23+,24-,25?,26?,27+/m1/s1. The fraction of sp³-hybridized carbons (Fsp3) is 0.963. The molecule has 3 saturated heterocycles. The molecule has 0 amide bonds. The molecule has 5 fully saturated rings. The van der Waals surface area contributed by atoms with Crippen LogP contribution >= 0.6 is 0 Å². The average Bonchev–Trinajstić information content (AvgIpc) is 2.93. The van der Waals surface area contributed by atoms with Gasteiger partial charge in [0.15, 0.2) is 6.29 Å². The lowest BCUT2D eigenvalue weighted by Gasteiger charge is -2.57. The summed E-state index contributed by atoms with van der Waals surface area (Å²) >= 11 is 0. The Morgan fingerprint density at radius 3 is 2.17 bits per heavy atom. The summed E-state index contributed by atoms with van der Waals surface area (Å²) in [5, 5.41) is 53.3. The average molecular weight is 577 g/mol. The van der Waals surface area contributed by atoms with E-state index in [0.29, 0.717) is 38.7 Å². The van der Waals surface area contributed by atoms with Gasteiger partial charge in [-0.15, -0.1) is 0 Å². The van der Waals surface area contributed by atoms with Crippen molar-refractivity contribution in [1.29, 1.82) is 0 Å². The molecule has 2 aliphatic carbocycles. The second-order valence-electron chi connectivity index (χ2n) is 11.9. The van der Waals surface area contributed by atoms with Crippen LogP contribution in [-0.2, 0) is 38.0 Å². The summed E-state index contributed by atoms with van der Waals surface area (Å²) in [5.41, 5.74) is 0. The van der Waals surface area contributed by atoms with E-state index in [1.165, 1.54) is 21.1 Å². The zero-order chi connectivity index (χ0) is 28.7. The van der Waals surface area contributed by atoms with Gasteiger partial charge in [0.25, 0.3) is 0 Å². The molecular weight excluding hydrogens is 532 g/mol. The first-order chi connectivity index (χ1) is 19.1. The lowest BCUT2D eigenvalue weighted by atomic mass is 9.65. The van der Waals surface area contributed by atoms with E-state index >= 15 is 0 Å². The molecule has 13 nitrogen and oxygen atoms in total. The highest BCUT2D eigenvalue weighted by atomic mass is 16.7. The Hall–Kier alpha value is -0.970. The summed E-state index contributed by atoms with van der Waals surface area (Å²) in [5.74, 6) is -0.876. The predicted octanol–water partition coefficient (Wildman–Crippen LogP) is -1.51. The molecule has 3 aliphatic heterocycles. The van der Waals surface area contributed by atoms with Crippen molar-refractivity contribution in [3.63, 3.8) is 0 Å². The predicted molar refractivity (Wildman–Crippen MR) is 134 cm³/mol. The van der Waals surface area contributed by atoms with E-state index in [-0.39, 0.29) is 36.6 Å². The van der Waals surface area contributed by atoms with Crippen LogP contribution in [-0.4, -0.2) is 138 Å². The number of aliphatic hydroxyl groups excluding tert-OH is 5. The first kappa shape index (κ1) is 30.5. The molecule has 0 bridgehead atoms. The number of hydrogen-bond acceptors (Lipinski definition) is 13. The van der Waals surface area contributed by atoms with E-state index < -0.39 is 73.3 Å². The lowest BCUT2D eigenvalue weighted by Crippen LogP contribution is -2.66. The maximum Gasteiger partial charge on any atom is 0.302 e. The molecule has 9 unspecified atom stereocenters. The van der Waals surface area contributed by atoms with E-state index in [1.807, 2.05) is 0 Å². The van der Waals surface area contributed by atoms with E-state index in [0.717, 1.165) is 0 Å². The van der Waals surface area contributed by atoms with Crippen LogP contribution in [0.25, 0.3) is 0 Å². The minimum atomic E-state index is -1.59. The van der Waals surface area contributed by atoms with Gasteiger partial charge < -0.3 is 58.7 Å². The quantitative estimate of drug-likeness (QED) is 0.221. The topological polar surface area (TPSA) is 183 Å². The van der Waals surface area contributed by atoms with E-state index in [2.05, 4.69) is 0 Å². The van der Waals surface area contributed by atoms with Gasteiger partial charge in [0, 0.05) is 33.7 Å². The van der Waals surface area contributed by atoms with Crippen LogP contribution in [0, 0.1) is 17.8 Å². The molecule has 0 radical (unpaired) electrons. The third-order valence-electron chi connectivity index (χ3n) is 9.54. The Kier molecular flexibility index (Phi) is 9.69. The number of esters is 1. The van der Waals surface area contributed by atoms with Gasteiger partial charge in [0.1, 0.15) is 37.1 Å². The van der Waals surface area contributed by atoms with Crippen molar-refractivity contribution in [1.82, 2.24) is 0 Å². The Balaban J connectivity index is 1.44. The van der Waals surface area contributed by atoms with Crippen LogP contribution in [0.1, 0.15) is 39.0 Å². The summed E-state index contributed by atoms with van der Waals surface area (Å²) in [4.78, 5) is 11.4. The summed E-state index contributed by atoms with van der Waals surface area (Å²) in [6.07, 6.45) is -8.58.